The maximum atomic E-state index is 14.0. The highest BCUT2D eigenvalue weighted by molar-refractivity contribution is 6.35. The first-order chi connectivity index (χ1) is 14.3. The number of nitrogens with two attached hydrogens (primary N) is 1. The van der Waals surface area contributed by atoms with E-state index in [0.29, 0.717) is 17.0 Å². The lowest BCUT2D eigenvalue weighted by Gasteiger charge is -2.48. The smallest absolute Gasteiger partial charge is 0.313 e. The molecule has 3 N–H and O–H groups in total. The third-order valence-electron chi connectivity index (χ3n) is 6.12. The van der Waals surface area contributed by atoms with Crippen molar-refractivity contribution in [2.75, 3.05) is 0 Å². The number of fused-ring (bicyclic) bond motifs is 1. The Morgan fingerprint density at radius 1 is 1.10 bits per heavy atom. The SMILES string of the molecule is N[C@H]1CCCC[C@@H]1N1C(=O)c2cc(F)ccc2[C@@H](C(=O)O)[C@@H]1c1ccc(Cl)cc1Cl. The maximum absolute atomic E-state index is 14.0. The van der Waals surface area contributed by atoms with Gasteiger partial charge in [0.05, 0.1) is 6.04 Å². The molecule has 0 spiro atoms. The topological polar surface area (TPSA) is 83.6 Å². The second kappa shape index (κ2) is 8.17. The number of rotatable bonds is 3. The van der Waals surface area contributed by atoms with Crippen LogP contribution in [0.4, 0.5) is 4.39 Å². The molecule has 0 unspecified atom stereocenters. The van der Waals surface area contributed by atoms with E-state index in [9.17, 15) is 19.1 Å². The van der Waals surface area contributed by atoms with E-state index in [2.05, 4.69) is 0 Å². The van der Waals surface area contributed by atoms with E-state index in [4.69, 9.17) is 28.9 Å². The Morgan fingerprint density at radius 3 is 2.47 bits per heavy atom. The normalized spacial score (nSPS) is 26.4. The molecule has 0 radical (unpaired) electrons. The largest absolute Gasteiger partial charge is 0.481 e. The molecular weight excluding hydrogens is 430 g/mol. The zero-order chi connectivity index (χ0) is 21.6. The first-order valence-electron chi connectivity index (χ1n) is 9.85. The van der Waals surface area contributed by atoms with Crippen LogP contribution < -0.4 is 5.73 Å². The Morgan fingerprint density at radius 2 is 1.80 bits per heavy atom. The van der Waals surface area contributed by atoms with E-state index < -0.39 is 29.7 Å². The van der Waals surface area contributed by atoms with Crippen molar-refractivity contribution in [3.8, 4) is 0 Å². The molecule has 1 aliphatic heterocycles. The summed E-state index contributed by atoms with van der Waals surface area (Å²) < 4.78 is 14.0. The van der Waals surface area contributed by atoms with Crippen LogP contribution in [0.25, 0.3) is 0 Å². The molecule has 1 saturated carbocycles. The standard InChI is InChI=1S/C22H21Cl2FN2O3/c23-11-5-7-14(16(24)9-11)20-19(22(29)30)13-8-6-12(25)10-15(13)21(28)27(20)18-4-2-1-3-17(18)26/h5-10,17-20H,1-4,26H2,(H,29,30)/t17-,18-,19+,20-/m0/s1. The molecule has 0 saturated heterocycles. The highest BCUT2D eigenvalue weighted by Gasteiger charge is 2.48. The molecule has 2 aromatic rings. The van der Waals surface area contributed by atoms with Gasteiger partial charge in [-0.05, 0) is 48.2 Å². The highest BCUT2D eigenvalue weighted by Crippen LogP contribution is 2.47. The van der Waals surface area contributed by atoms with Crippen molar-refractivity contribution in [3.63, 3.8) is 0 Å². The first-order valence-corrected chi connectivity index (χ1v) is 10.6. The molecule has 4 rings (SSSR count). The van der Waals surface area contributed by atoms with E-state index in [1.54, 1.807) is 12.1 Å². The summed E-state index contributed by atoms with van der Waals surface area (Å²) in [5.41, 5.74) is 7.18. The zero-order valence-electron chi connectivity index (χ0n) is 16.0. The molecule has 2 aliphatic rings. The number of nitrogens with zero attached hydrogens (tertiary/aromatic N) is 1. The number of carboxylic acids is 1. The average Bonchev–Trinajstić information content (AvgIpc) is 2.69. The minimum atomic E-state index is -1.12. The van der Waals surface area contributed by atoms with Crippen LogP contribution in [0.2, 0.25) is 10.0 Å². The second-order valence-corrected chi connectivity index (χ2v) is 8.73. The van der Waals surface area contributed by atoms with Crippen LogP contribution >= 0.6 is 23.2 Å². The van der Waals surface area contributed by atoms with Crippen LogP contribution in [-0.2, 0) is 4.79 Å². The van der Waals surface area contributed by atoms with E-state index in [1.807, 2.05) is 0 Å². The van der Waals surface area contributed by atoms with Gasteiger partial charge < -0.3 is 15.7 Å². The summed E-state index contributed by atoms with van der Waals surface area (Å²) in [5, 5.41) is 10.8. The Balaban J connectivity index is 1.96. The van der Waals surface area contributed by atoms with Gasteiger partial charge in [-0.2, -0.15) is 0 Å². The minimum absolute atomic E-state index is 0.0570. The Hall–Kier alpha value is -2.15. The van der Waals surface area contributed by atoms with Gasteiger partial charge in [0.2, 0.25) is 0 Å². The van der Waals surface area contributed by atoms with Crippen molar-refractivity contribution in [2.24, 2.45) is 5.73 Å². The lowest BCUT2D eigenvalue weighted by molar-refractivity contribution is -0.141. The number of hydrogen-bond acceptors (Lipinski definition) is 3. The van der Waals surface area contributed by atoms with Crippen molar-refractivity contribution in [1.82, 2.24) is 4.90 Å². The quantitative estimate of drug-likeness (QED) is 0.705. The lowest BCUT2D eigenvalue weighted by Crippen LogP contribution is -2.56. The third kappa shape index (κ3) is 3.57. The maximum Gasteiger partial charge on any atom is 0.313 e. The molecule has 0 aromatic heterocycles. The fourth-order valence-corrected chi connectivity index (χ4v) is 5.28. The van der Waals surface area contributed by atoms with Crippen LogP contribution in [0.15, 0.2) is 36.4 Å². The van der Waals surface area contributed by atoms with Crippen molar-refractivity contribution in [1.29, 1.82) is 0 Å². The number of halogens is 3. The van der Waals surface area contributed by atoms with Gasteiger partial charge in [-0.3, -0.25) is 9.59 Å². The summed E-state index contributed by atoms with van der Waals surface area (Å²) >= 11 is 12.5. The van der Waals surface area contributed by atoms with Crippen molar-refractivity contribution < 1.29 is 19.1 Å². The van der Waals surface area contributed by atoms with E-state index in [-0.39, 0.29) is 28.2 Å². The first kappa shape index (κ1) is 21.1. The molecule has 1 aliphatic carbocycles. The predicted molar refractivity (Wildman–Crippen MR) is 112 cm³/mol. The summed E-state index contributed by atoms with van der Waals surface area (Å²) in [6.45, 7) is 0. The second-order valence-electron chi connectivity index (χ2n) is 7.89. The molecular formula is C22H21Cl2FN2O3. The summed E-state index contributed by atoms with van der Waals surface area (Å²) in [4.78, 5) is 27.6. The molecule has 2 aromatic carbocycles. The predicted octanol–water partition coefficient (Wildman–Crippen LogP) is 4.77. The summed E-state index contributed by atoms with van der Waals surface area (Å²) in [7, 11) is 0. The van der Waals surface area contributed by atoms with Gasteiger partial charge in [-0.25, -0.2) is 4.39 Å². The van der Waals surface area contributed by atoms with Crippen LogP contribution in [0.5, 0.6) is 0 Å². The van der Waals surface area contributed by atoms with Gasteiger partial charge in [0.1, 0.15) is 11.7 Å². The number of amides is 1. The van der Waals surface area contributed by atoms with Crippen molar-refractivity contribution >= 4 is 35.1 Å². The van der Waals surface area contributed by atoms with Gasteiger partial charge in [0.15, 0.2) is 0 Å². The summed E-state index contributed by atoms with van der Waals surface area (Å²) in [6, 6.07) is 6.88. The summed E-state index contributed by atoms with van der Waals surface area (Å²) in [6.07, 6.45) is 3.19. The van der Waals surface area contributed by atoms with Crippen molar-refractivity contribution in [3.05, 3.63) is 69.0 Å². The zero-order valence-corrected chi connectivity index (χ0v) is 17.5. The van der Waals surface area contributed by atoms with Crippen LogP contribution in [-0.4, -0.2) is 34.0 Å². The molecule has 30 heavy (non-hydrogen) atoms. The Kier molecular flexibility index (Phi) is 5.75. The van der Waals surface area contributed by atoms with Gasteiger partial charge in [-0.1, -0.05) is 48.2 Å². The molecule has 4 atom stereocenters. The molecule has 0 bridgehead atoms. The van der Waals surface area contributed by atoms with Gasteiger partial charge in [0, 0.05) is 27.7 Å². The number of carbonyl (C=O) groups is 2. The van der Waals surface area contributed by atoms with Gasteiger partial charge in [0.25, 0.3) is 5.91 Å². The Bertz CT molecular complexity index is 1020. The van der Waals surface area contributed by atoms with E-state index in [1.165, 1.54) is 23.1 Å². The van der Waals surface area contributed by atoms with Gasteiger partial charge in [-0.15, -0.1) is 0 Å². The number of carbonyl (C=O) groups excluding carboxylic acids is 1. The number of carboxylic acid groups (broad SMARTS) is 1. The fourth-order valence-electron chi connectivity index (χ4n) is 4.76. The van der Waals surface area contributed by atoms with Crippen molar-refractivity contribution in [2.45, 2.75) is 49.7 Å². The van der Waals surface area contributed by atoms with Crippen LogP contribution in [0, 0.1) is 5.82 Å². The van der Waals surface area contributed by atoms with Crippen LogP contribution in [0.3, 0.4) is 0 Å². The number of hydrogen-bond donors (Lipinski definition) is 2. The third-order valence-corrected chi connectivity index (χ3v) is 6.68. The Labute approximate surface area is 183 Å². The summed E-state index contributed by atoms with van der Waals surface area (Å²) in [5.74, 6) is -3.27. The molecule has 8 heteroatoms. The molecule has 1 fully saturated rings. The highest BCUT2D eigenvalue weighted by atomic mass is 35.5. The monoisotopic (exact) mass is 450 g/mol. The van der Waals surface area contributed by atoms with Crippen LogP contribution in [0.1, 0.15) is 59.1 Å². The number of aliphatic carboxylic acids is 1. The minimum Gasteiger partial charge on any atom is -0.481 e. The average molecular weight is 451 g/mol. The lowest BCUT2D eigenvalue weighted by atomic mass is 9.77. The molecule has 158 valence electrons. The molecule has 5 nitrogen and oxygen atoms in total. The van der Waals surface area contributed by atoms with Gasteiger partial charge >= 0.3 is 5.97 Å². The number of benzene rings is 2. The van der Waals surface area contributed by atoms with E-state index >= 15 is 0 Å². The van der Waals surface area contributed by atoms with E-state index in [0.717, 1.165) is 25.3 Å². The fraction of sp³-hybridized carbons (Fsp3) is 0.364. The molecule has 1 amide bonds. The molecule has 1 heterocycles.